The second kappa shape index (κ2) is 5.78. The van der Waals surface area contributed by atoms with Crippen molar-refractivity contribution in [1.82, 2.24) is 9.55 Å². The fourth-order valence-corrected chi connectivity index (χ4v) is 2.63. The highest BCUT2D eigenvalue weighted by atomic mass is 14.9. The fraction of sp³-hybridized carbons (Fsp3) is 0.176. The van der Waals surface area contributed by atoms with Crippen molar-refractivity contribution in [3.8, 4) is 6.07 Å². The van der Waals surface area contributed by atoms with Gasteiger partial charge in [-0.3, -0.25) is 0 Å². The number of nitriles is 1. The zero-order valence-corrected chi connectivity index (χ0v) is 11.7. The van der Waals surface area contributed by atoms with Crippen LogP contribution < -0.4 is 5.73 Å². The van der Waals surface area contributed by atoms with E-state index >= 15 is 0 Å². The molecule has 0 fully saturated rings. The molecule has 0 radical (unpaired) electrons. The van der Waals surface area contributed by atoms with E-state index in [2.05, 4.69) is 46.1 Å². The zero-order chi connectivity index (χ0) is 14.7. The average Bonchev–Trinajstić information content (AvgIpc) is 2.92. The van der Waals surface area contributed by atoms with Gasteiger partial charge in [0.1, 0.15) is 11.8 Å². The minimum absolute atomic E-state index is 0.452. The van der Waals surface area contributed by atoms with E-state index in [0.29, 0.717) is 12.2 Å². The Bertz CT molecular complexity index is 811. The Morgan fingerprint density at radius 2 is 2.14 bits per heavy atom. The minimum Gasteiger partial charge on any atom is -0.343 e. The summed E-state index contributed by atoms with van der Waals surface area (Å²) in [5.41, 5.74) is 9.66. The van der Waals surface area contributed by atoms with Crippen LogP contribution in [-0.2, 0) is 13.0 Å². The number of hydrogen-bond donors (Lipinski definition) is 1. The standard InChI is InChI=1S/C17H16N4/c18-7-4-14-2-1-3-17-16(14)6-9-21(17)12-13-5-8-20-15(10-13)11-19/h1-3,5-6,8-10H,4,7,12,18H2. The van der Waals surface area contributed by atoms with Gasteiger partial charge in [0.05, 0.1) is 0 Å². The summed E-state index contributed by atoms with van der Waals surface area (Å²) < 4.78 is 2.19. The van der Waals surface area contributed by atoms with Gasteiger partial charge < -0.3 is 10.3 Å². The quantitative estimate of drug-likeness (QED) is 0.796. The average molecular weight is 276 g/mol. The van der Waals surface area contributed by atoms with Gasteiger partial charge in [0.15, 0.2) is 0 Å². The second-order valence-corrected chi connectivity index (χ2v) is 4.99. The SMILES string of the molecule is N#Cc1cc(Cn2ccc3c(CCN)cccc32)ccn1. The summed E-state index contributed by atoms with van der Waals surface area (Å²) in [5, 5.41) is 10.2. The van der Waals surface area contributed by atoms with E-state index in [-0.39, 0.29) is 0 Å². The number of nitrogens with two attached hydrogens (primary N) is 1. The molecule has 4 nitrogen and oxygen atoms in total. The van der Waals surface area contributed by atoms with Crippen LogP contribution >= 0.6 is 0 Å². The van der Waals surface area contributed by atoms with Crippen molar-refractivity contribution < 1.29 is 0 Å². The van der Waals surface area contributed by atoms with Crippen LogP contribution in [0.25, 0.3) is 10.9 Å². The molecule has 0 spiro atoms. The highest BCUT2D eigenvalue weighted by molar-refractivity contribution is 5.83. The van der Waals surface area contributed by atoms with Gasteiger partial charge in [-0.25, -0.2) is 4.98 Å². The van der Waals surface area contributed by atoms with Crippen LogP contribution in [0.2, 0.25) is 0 Å². The predicted octanol–water partition coefficient (Wildman–Crippen LogP) is 2.46. The molecule has 0 saturated carbocycles. The molecule has 21 heavy (non-hydrogen) atoms. The third kappa shape index (κ3) is 2.64. The first-order valence-electron chi connectivity index (χ1n) is 6.93. The van der Waals surface area contributed by atoms with Crippen LogP contribution in [-0.4, -0.2) is 16.1 Å². The Hall–Kier alpha value is -2.64. The second-order valence-electron chi connectivity index (χ2n) is 4.99. The number of benzene rings is 1. The summed E-state index contributed by atoms with van der Waals surface area (Å²) in [6.07, 6.45) is 4.64. The van der Waals surface area contributed by atoms with Crippen molar-refractivity contribution >= 4 is 10.9 Å². The summed E-state index contributed by atoms with van der Waals surface area (Å²) in [6, 6.07) is 14.3. The van der Waals surface area contributed by atoms with E-state index < -0.39 is 0 Å². The normalized spacial score (nSPS) is 10.7. The lowest BCUT2D eigenvalue weighted by atomic mass is 10.1. The van der Waals surface area contributed by atoms with Gasteiger partial charge >= 0.3 is 0 Å². The van der Waals surface area contributed by atoms with Gasteiger partial charge in [-0.1, -0.05) is 12.1 Å². The van der Waals surface area contributed by atoms with E-state index in [1.54, 1.807) is 6.20 Å². The monoisotopic (exact) mass is 276 g/mol. The molecule has 0 unspecified atom stereocenters. The number of rotatable bonds is 4. The highest BCUT2D eigenvalue weighted by Crippen LogP contribution is 2.21. The third-order valence-electron chi connectivity index (χ3n) is 3.61. The lowest BCUT2D eigenvalue weighted by Crippen LogP contribution is -2.03. The first-order valence-corrected chi connectivity index (χ1v) is 6.93. The van der Waals surface area contributed by atoms with Crippen molar-refractivity contribution in [2.75, 3.05) is 6.54 Å². The Balaban J connectivity index is 1.98. The fourth-order valence-electron chi connectivity index (χ4n) is 2.63. The molecule has 3 aromatic rings. The van der Waals surface area contributed by atoms with E-state index in [1.807, 2.05) is 12.1 Å². The Labute approximate surface area is 123 Å². The van der Waals surface area contributed by atoms with Crippen LogP contribution in [0.1, 0.15) is 16.8 Å². The van der Waals surface area contributed by atoms with Crippen molar-refractivity contribution in [3.63, 3.8) is 0 Å². The van der Waals surface area contributed by atoms with E-state index in [0.717, 1.165) is 18.5 Å². The number of hydrogen-bond acceptors (Lipinski definition) is 3. The number of fused-ring (bicyclic) bond motifs is 1. The molecule has 0 bridgehead atoms. The van der Waals surface area contributed by atoms with Crippen molar-refractivity contribution in [2.24, 2.45) is 5.73 Å². The maximum absolute atomic E-state index is 8.92. The molecule has 4 heteroatoms. The minimum atomic E-state index is 0.452. The van der Waals surface area contributed by atoms with Crippen LogP contribution in [0.4, 0.5) is 0 Å². The summed E-state index contributed by atoms with van der Waals surface area (Å²) in [5.74, 6) is 0. The summed E-state index contributed by atoms with van der Waals surface area (Å²) >= 11 is 0. The predicted molar refractivity (Wildman–Crippen MR) is 82.8 cm³/mol. The molecule has 0 aliphatic carbocycles. The number of nitrogens with zero attached hydrogens (tertiary/aromatic N) is 3. The molecule has 0 saturated heterocycles. The largest absolute Gasteiger partial charge is 0.343 e. The molecule has 0 aliphatic rings. The highest BCUT2D eigenvalue weighted by Gasteiger charge is 2.06. The Morgan fingerprint density at radius 3 is 2.95 bits per heavy atom. The van der Waals surface area contributed by atoms with Crippen LogP contribution in [0, 0.1) is 11.3 Å². The zero-order valence-electron chi connectivity index (χ0n) is 11.7. The molecule has 0 atom stereocenters. The molecule has 2 heterocycles. The van der Waals surface area contributed by atoms with Crippen LogP contribution in [0.15, 0.2) is 48.8 Å². The van der Waals surface area contributed by atoms with Crippen molar-refractivity contribution in [2.45, 2.75) is 13.0 Å². The van der Waals surface area contributed by atoms with Gasteiger partial charge in [-0.15, -0.1) is 0 Å². The molecule has 0 amide bonds. The lowest BCUT2D eigenvalue weighted by Gasteiger charge is -2.07. The van der Waals surface area contributed by atoms with E-state index in [1.165, 1.54) is 16.5 Å². The first kappa shape index (κ1) is 13.3. The van der Waals surface area contributed by atoms with Gasteiger partial charge in [0.2, 0.25) is 0 Å². The first-order chi connectivity index (χ1) is 10.3. The Morgan fingerprint density at radius 1 is 1.24 bits per heavy atom. The molecular weight excluding hydrogens is 260 g/mol. The topological polar surface area (TPSA) is 67.6 Å². The maximum Gasteiger partial charge on any atom is 0.140 e. The molecule has 104 valence electrons. The summed E-state index contributed by atoms with van der Waals surface area (Å²) in [4.78, 5) is 4.00. The van der Waals surface area contributed by atoms with Gasteiger partial charge in [0, 0.05) is 29.8 Å². The van der Waals surface area contributed by atoms with Gasteiger partial charge in [-0.2, -0.15) is 5.26 Å². The lowest BCUT2D eigenvalue weighted by molar-refractivity contribution is 0.833. The molecular formula is C17H16N4. The smallest absolute Gasteiger partial charge is 0.140 e. The molecule has 2 N–H and O–H groups in total. The molecule has 3 rings (SSSR count). The van der Waals surface area contributed by atoms with Crippen molar-refractivity contribution in [3.05, 3.63) is 65.6 Å². The number of aromatic nitrogens is 2. The van der Waals surface area contributed by atoms with Crippen LogP contribution in [0.5, 0.6) is 0 Å². The van der Waals surface area contributed by atoms with Crippen LogP contribution in [0.3, 0.4) is 0 Å². The molecule has 1 aromatic carbocycles. The van der Waals surface area contributed by atoms with Gasteiger partial charge in [-0.05, 0) is 48.4 Å². The third-order valence-corrected chi connectivity index (χ3v) is 3.61. The number of pyridine rings is 1. The Kier molecular flexibility index (Phi) is 3.67. The van der Waals surface area contributed by atoms with Crippen molar-refractivity contribution in [1.29, 1.82) is 5.26 Å². The van der Waals surface area contributed by atoms with E-state index in [4.69, 9.17) is 11.0 Å². The molecule has 2 aromatic heterocycles. The summed E-state index contributed by atoms with van der Waals surface area (Å²) in [6.45, 7) is 1.38. The summed E-state index contributed by atoms with van der Waals surface area (Å²) in [7, 11) is 0. The molecule has 0 aliphatic heterocycles. The van der Waals surface area contributed by atoms with E-state index in [9.17, 15) is 0 Å². The van der Waals surface area contributed by atoms with Gasteiger partial charge in [0.25, 0.3) is 0 Å². The maximum atomic E-state index is 8.92.